The minimum atomic E-state index is -0.623. The molecule has 0 fully saturated rings. The van der Waals surface area contributed by atoms with Gasteiger partial charge in [-0.2, -0.15) is 0 Å². The molecular formula is C18H9ClF2N2O2S2. The molecule has 0 aliphatic heterocycles. The number of rotatable bonds is 2. The topological polar surface area (TPSA) is 58.2 Å². The molecule has 0 radical (unpaired) electrons. The van der Waals surface area contributed by atoms with Crippen LogP contribution in [0.4, 0.5) is 8.78 Å². The van der Waals surface area contributed by atoms with Gasteiger partial charge in [-0.15, -0.1) is 22.7 Å². The van der Waals surface area contributed by atoms with E-state index in [0.29, 0.717) is 20.2 Å². The molecule has 136 valence electrons. The Morgan fingerprint density at radius 2 is 1.67 bits per heavy atom. The van der Waals surface area contributed by atoms with Crippen molar-refractivity contribution < 1.29 is 18.4 Å². The summed E-state index contributed by atoms with van der Waals surface area (Å²) in [7, 11) is 0. The lowest BCUT2D eigenvalue weighted by Crippen LogP contribution is -2.41. The van der Waals surface area contributed by atoms with Crippen LogP contribution in [-0.4, -0.2) is 11.8 Å². The van der Waals surface area contributed by atoms with Crippen LogP contribution < -0.4 is 10.9 Å². The van der Waals surface area contributed by atoms with Gasteiger partial charge in [-0.25, -0.2) is 8.78 Å². The van der Waals surface area contributed by atoms with Crippen LogP contribution in [0.1, 0.15) is 19.3 Å². The molecule has 9 heteroatoms. The second-order valence-corrected chi connectivity index (χ2v) is 8.07. The van der Waals surface area contributed by atoms with Gasteiger partial charge >= 0.3 is 0 Å². The van der Waals surface area contributed by atoms with Gasteiger partial charge in [0, 0.05) is 20.2 Å². The lowest BCUT2D eigenvalue weighted by molar-refractivity contribution is 0.0851. The molecule has 27 heavy (non-hydrogen) atoms. The number of carbonyl (C=O) groups excluding carboxylic acids is 2. The molecule has 0 atom stereocenters. The minimum Gasteiger partial charge on any atom is -0.266 e. The van der Waals surface area contributed by atoms with Crippen molar-refractivity contribution in [3.05, 3.63) is 68.9 Å². The molecule has 0 saturated carbocycles. The molecule has 0 spiro atoms. The fourth-order valence-electron chi connectivity index (χ4n) is 2.55. The van der Waals surface area contributed by atoms with E-state index in [0.717, 1.165) is 22.7 Å². The summed E-state index contributed by atoms with van der Waals surface area (Å²) >= 11 is 8.31. The van der Waals surface area contributed by atoms with Gasteiger partial charge in [0.05, 0.1) is 9.90 Å². The average Bonchev–Trinajstić information content (AvgIpc) is 3.22. The number of nitrogens with one attached hydrogen (secondary N) is 2. The number of hydrogen-bond donors (Lipinski definition) is 2. The number of hydrogen-bond acceptors (Lipinski definition) is 4. The Morgan fingerprint density at radius 1 is 0.889 bits per heavy atom. The van der Waals surface area contributed by atoms with Crippen molar-refractivity contribution in [3.63, 3.8) is 0 Å². The first-order valence-corrected chi connectivity index (χ1v) is 9.61. The molecular weight excluding hydrogens is 414 g/mol. The maximum Gasteiger partial charge on any atom is 0.281 e. The second-order valence-electron chi connectivity index (χ2n) is 5.56. The Bertz CT molecular complexity index is 1220. The van der Waals surface area contributed by atoms with E-state index in [1.54, 1.807) is 12.1 Å². The van der Waals surface area contributed by atoms with E-state index in [-0.39, 0.29) is 14.8 Å². The monoisotopic (exact) mass is 422 g/mol. The van der Waals surface area contributed by atoms with Crippen LogP contribution in [0.15, 0.2) is 42.5 Å². The summed E-state index contributed by atoms with van der Waals surface area (Å²) in [6.07, 6.45) is 0. The Kier molecular flexibility index (Phi) is 4.55. The summed E-state index contributed by atoms with van der Waals surface area (Å²) in [4.78, 5) is 25.0. The third-order valence-corrected chi connectivity index (χ3v) is 6.57. The van der Waals surface area contributed by atoms with Gasteiger partial charge in [0.2, 0.25) is 0 Å². The van der Waals surface area contributed by atoms with Crippen LogP contribution >= 0.6 is 34.3 Å². The first-order chi connectivity index (χ1) is 12.9. The zero-order valence-electron chi connectivity index (χ0n) is 13.3. The van der Waals surface area contributed by atoms with Crippen molar-refractivity contribution >= 4 is 66.3 Å². The highest BCUT2D eigenvalue weighted by atomic mass is 35.5. The Hall–Kier alpha value is -2.55. The molecule has 2 N–H and O–H groups in total. The average molecular weight is 423 g/mol. The molecule has 2 aromatic heterocycles. The summed E-state index contributed by atoms with van der Waals surface area (Å²) < 4.78 is 28.2. The Balaban J connectivity index is 1.52. The van der Waals surface area contributed by atoms with Gasteiger partial charge in [0.15, 0.2) is 0 Å². The van der Waals surface area contributed by atoms with Crippen molar-refractivity contribution in [1.29, 1.82) is 0 Å². The SMILES string of the molecule is O=C(NNC(=O)c1sc2cc(F)ccc2c1Cl)c1cc2c(F)cccc2s1. The maximum absolute atomic E-state index is 13.7. The quantitative estimate of drug-likeness (QED) is 0.440. The molecule has 4 rings (SSSR count). The highest BCUT2D eigenvalue weighted by molar-refractivity contribution is 7.21. The zero-order chi connectivity index (χ0) is 19.1. The van der Waals surface area contributed by atoms with Crippen LogP contribution in [0.25, 0.3) is 20.2 Å². The molecule has 4 nitrogen and oxygen atoms in total. The van der Waals surface area contributed by atoms with Gasteiger partial charge in [-0.05, 0) is 36.4 Å². The van der Waals surface area contributed by atoms with Crippen LogP contribution in [-0.2, 0) is 0 Å². The molecule has 0 saturated heterocycles. The van der Waals surface area contributed by atoms with Gasteiger partial charge < -0.3 is 0 Å². The smallest absolute Gasteiger partial charge is 0.266 e. The summed E-state index contributed by atoms with van der Waals surface area (Å²) in [5.41, 5.74) is 4.56. The van der Waals surface area contributed by atoms with E-state index in [1.807, 2.05) is 0 Å². The van der Waals surface area contributed by atoms with Crippen LogP contribution in [0.5, 0.6) is 0 Å². The van der Waals surface area contributed by atoms with E-state index in [2.05, 4.69) is 10.9 Å². The molecule has 0 unspecified atom stereocenters. The zero-order valence-corrected chi connectivity index (χ0v) is 15.7. The van der Waals surface area contributed by atoms with E-state index in [1.165, 1.54) is 30.3 Å². The predicted molar refractivity (Wildman–Crippen MR) is 104 cm³/mol. The number of hydrazine groups is 1. The van der Waals surface area contributed by atoms with E-state index in [4.69, 9.17) is 11.6 Å². The van der Waals surface area contributed by atoms with E-state index in [9.17, 15) is 18.4 Å². The van der Waals surface area contributed by atoms with Crippen molar-refractivity contribution in [2.24, 2.45) is 0 Å². The molecule has 2 heterocycles. The predicted octanol–water partition coefficient (Wildman–Crippen LogP) is 5.12. The third kappa shape index (κ3) is 3.27. The number of fused-ring (bicyclic) bond motifs is 2. The van der Waals surface area contributed by atoms with Crippen molar-refractivity contribution in [2.45, 2.75) is 0 Å². The van der Waals surface area contributed by atoms with Crippen molar-refractivity contribution in [3.8, 4) is 0 Å². The molecule has 4 aromatic rings. The highest BCUT2D eigenvalue weighted by Gasteiger charge is 2.19. The van der Waals surface area contributed by atoms with Crippen molar-refractivity contribution in [1.82, 2.24) is 10.9 Å². The number of carbonyl (C=O) groups is 2. The van der Waals surface area contributed by atoms with E-state index >= 15 is 0 Å². The summed E-state index contributed by atoms with van der Waals surface area (Å²) in [5.74, 6) is -2.05. The van der Waals surface area contributed by atoms with Crippen LogP contribution in [0.3, 0.4) is 0 Å². The van der Waals surface area contributed by atoms with Gasteiger partial charge in [-0.3, -0.25) is 20.4 Å². The number of amides is 2. The maximum atomic E-state index is 13.7. The summed E-state index contributed by atoms with van der Waals surface area (Å²) in [6, 6.07) is 10.0. The van der Waals surface area contributed by atoms with Gasteiger partial charge in [0.1, 0.15) is 16.5 Å². The first-order valence-electron chi connectivity index (χ1n) is 7.60. The fraction of sp³-hybridized carbons (Fsp3) is 0. The molecule has 0 aliphatic carbocycles. The fourth-order valence-corrected chi connectivity index (χ4v) is 4.96. The van der Waals surface area contributed by atoms with Gasteiger partial charge in [0.25, 0.3) is 11.8 Å². The van der Waals surface area contributed by atoms with E-state index < -0.39 is 23.4 Å². The normalized spacial score (nSPS) is 11.1. The van der Waals surface area contributed by atoms with Crippen LogP contribution in [0, 0.1) is 11.6 Å². The lowest BCUT2D eigenvalue weighted by Gasteiger charge is -2.04. The summed E-state index contributed by atoms with van der Waals surface area (Å²) in [5, 5.41) is 1.08. The summed E-state index contributed by atoms with van der Waals surface area (Å²) in [6.45, 7) is 0. The number of thiophene rings is 2. The standard InChI is InChI=1S/C18H9ClF2N2O2S2/c19-15-9-5-4-8(20)6-13(9)27-16(15)18(25)23-22-17(24)14-7-10-11(21)2-1-3-12(10)26-14/h1-7H,(H,22,24)(H,23,25). The molecule has 2 aromatic carbocycles. The number of benzene rings is 2. The molecule has 0 bridgehead atoms. The lowest BCUT2D eigenvalue weighted by atomic mass is 10.2. The first kappa shape index (κ1) is 17.8. The Labute approximate surface area is 164 Å². The molecule has 0 aliphatic rings. The van der Waals surface area contributed by atoms with Crippen molar-refractivity contribution in [2.75, 3.05) is 0 Å². The molecule has 2 amide bonds. The van der Waals surface area contributed by atoms with Crippen LogP contribution in [0.2, 0.25) is 5.02 Å². The largest absolute Gasteiger partial charge is 0.281 e. The minimum absolute atomic E-state index is 0.153. The highest BCUT2D eigenvalue weighted by Crippen LogP contribution is 2.35. The third-order valence-electron chi connectivity index (χ3n) is 3.82. The number of halogens is 3. The second kappa shape index (κ2) is 6.88. The van der Waals surface area contributed by atoms with Gasteiger partial charge in [-0.1, -0.05) is 17.7 Å². The Morgan fingerprint density at radius 3 is 2.44 bits per heavy atom.